The van der Waals surface area contributed by atoms with Crippen molar-refractivity contribution in [1.82, 2.24) is 0 Å². The molecule has 0 fully saturated rings. The summed E-state index contributed by atoms with van der Waals surface area (Å²) in [4.78, 5) is 20.3. The van der Waals surface area contributed by atoms with Crippen LogP contribution in [-0.4, -0.2) is 16.0 Å². The topological polar surface area (TPSA) is 80.4 Å². The minimum atomic E-state index is -1.09. The SMILES string of the molecule is Cc1c(/C=C/C(=O)O)ccc([N+](=O)[O-])c1Cl. The highest BCUT2D eigenvalue weighted by Gasteiger charge is 2.15. The van der Waals surface area contributed by atoms with E-state index in [0.717, 1.165) is 6.08 Å². The van der Waals surface area contributed by atoms with E-state index in [1.807, 2.05) is 0 Å². The van der Waals surface area contributed by atoms with Crippen LogP contribution in [0.3, 0.4) is 0 Å². The maximum atomic E-state index is 10.6. The lowest BCUT2D eigenvalue weighted by Gasteiger charge is -2.03. The normalized spacial score (nSPS) is 10.6. The number of carboxylic acids is 1. The molecule has 0 unspecified atom stereocenters. The molecular weight excluding hydrogens is 234 g/mol. The van der Waals surface area contributed by atoms with Gasteiger partial charge in [-0.15, -0.1) is 0 Å². The molecule has 0 saturated heterocycles. The second-order valence-corrected chi connectivity index (χ2v) is 3.42. The predicted octanol–water partition coefficient (Wildman–Crippen LogP) is 2.65. The summed E-state index contributed by atoms with van der Waals surface area (Å²) >= 11 is 5.79. The molecule has 0 spiro atoms. The third-order valence-corrected chi connectivity index (χ3v) is 2.49. The summed E-state index contributed by atoms with van der Waals surface area (Å²) < 4.78 is 0. The quantitative estimate of drug-likeness (QED) is 0.501. The van der Waals surface area contributed by atoms with Gasteiger partial charge in [0.05, 0.1) is 4.92 Å². The first kappa shape index (κ1) is 12.2. The van der Waals surface area contributed by atoms with E-state index in [2.05, 4.69) is 0 Å². The van der Waals surface area contributed by atoms with Crippen molar-refractivity contribution in [2.75, 3.05) is 0 Å². The first-order valence-electron chi connectivity index (χ1n) is 4.28. The highest BCUT2D eigenvalue weighted by molar-refractivity contribution is 6.33. The van der Waals surface area contributed by atoms with Crippen LogP contribution < -0.4 is 0 Å². The molecule has 1 aromatic carbocycles. The molecule has 5 nitrogen and oxygen atoms in total. The number of carboxylic acid groups (broad SMARTS) is 1. The number of halogens is 1. The van der Waals surface area contributed by atoms with Crippen LogP contribution in [0.1, 0.15) is 11.1 Å². The number of benzene rings is 1. The van der Waals surface area contributed by atoms with Crippen molar-refractivity contribution in [2.24, 2.45) is 0 Å². The van der Waals surface area contributed by atoms with Crippen molar-refractivity contribution < 1.29 is 14.8 Å². The fourth-order valence-electron chi connectivity index (χ4n) is 1.17. The van der Waals surface area contributed by atoms with Gasteiger partial charge in [-0.2, -0.15) is 0 Å². The molecule has 0 heterocycles. The number of nitro groups is 1. The van der Waals surface area contributed by atoms with Crippen molar-refractivity contribution in [2.45, 2.75) is 6.92 Å². The summed E-state index contributed by atoms with van der Waals surface area (Å²) in [6.45, 7) is 1.59. The van der Waals surface area contributed by atoms with Gasteiger partial charge in [-0.1, -0.05) is 11.6 Å². The summed E-state index contributed by atoms with van der Waals surface area (Å²) in [5.74, 6) is -1.09. The van der Waals surface area contributed by atoms with Crippen LogP contribution >= 0.6 is 11.6 Å². The van der Waals surface area contributed by atoms with Crippen LogP contribution in [0.2, 0.25) is 5.02 Å². The maximum Gasteiger partial charge on any atom is 0.328 e. The molecule has 0 aromatic heterocycles. The van der Waals surface area contributed by atoms with Gasteiger partial charge < -0.3 is 5.11 Å². The van der Waals surface area contributed by atoms with Crippen molar-refractivity contribution in [3.8, 4) is 0 Å². The number of rotatable bonds is 3. The van der Waals surface area contributed by atoms with Gasteiger partial charge in [0.15, 0.2) is 0 Å². The van der Waals surface area contributed by atoms with E-state index in [1.54, 1.807) is 6.92 Å². The largest absolute Gasteiger partial charge is 0.478 e. The first-order valence-corrected chi connectivity index (χ1v) is 4.65. The van der Waals surface area contributed by atoms with Crippen molar-refractivity contribution in [3.05, 3.63) is 44.5 Å². The van der Waals surface area contributed by atoms with Crippen molar-refractivity contribution >= 4 is 29.3 Å². The molecule has 6 heteroatoms. The predicted molar refractivity (Wildman–Crippen MR) is 59.5 cm³/mol. The smallest absolute Gasteiger partial charge is 0.328 e. The minimum absolute atomic E-state index is 0.0255. The van der Waals surface area contributed by atoms with E-state index in [4.69, 9.17) is 16.7 Å². The minimum Gasteiger partial charge on any atom is -0.478 e. The van der Waals surface area contributed by atoms with Crippen LogP contribution in [-0.2, 0) is 4.79 Å². The Kier molecular flexibility index (Phi) is 3.63. The Bertz CT molecular complexity index is 482. The van der Waals surface area contributed by atoms with Crippen LogP contribution in [0.4, 0.5) is 5.69 Å². The zero-order chi connectivity index (χ0) is 12.3. The van der Waals surface area contributed by atoms with E-state index in [1.165, 1.54) is 18.2 Å². The maximum absolute atomic E-state index is 10.6. The van der Waals surface area contributed by atoms with Crippen LogP contribution in [0.25, 0.3) is 6.08 Å². The molecule has 0 bridgehead atoms. The summed E-state index contributed by atoms with van der Waals surface area (Å²) in [6.07, 6.45) is 2.29. The average Bonchev–Trinajstić information content (AvgIpc) is 2.19. The Hall–Kier alpha value is -1.88. The lowest BCUT2D eigenvalue weighted by Crippen LogP contribution is -1.93. The zero-order valence-electron chi connectivity index (χ0n) is 8.31. The van der Waals surface area contributed by atoms with Gasteiger partial charge in [-0.25, -0.2) is 4.79 Å². The molecule has 0 aliphatic heterocycles. The van der Waals surface area contributed by atoms with E-state index in [0.29, 0.717) is 11.1 Å². The van der Waals surface area contributed by atoms with E-state index in [9.17, 15) is 14.9 Å². The lowest BCUT2D eigenvalue weighted by atomic mass is 10.1. The fourth-order valence-corrected chi connectivity index (χ4v) is 1.41. The molecule has 0 aliphatic rings. The van der Waals surface area contributed by atoms with Crippen molar-refractivity contribution in [1.29, 1.82) is 0 Å². The molecule has 0 saturated carbocycles. The molecule has 0 amide bonds. The molecule has 84 valence electrons. The molecule has 1 rings (SSSR count). The molecule has 1 aromatic rings. The number of nitro benzene ring substituents is 1. The highest BCUT2D eigenvalue weighted by Crippen LogP contribution is 2.30. The van der Waals surface area contributed by atoms with Crippen molar-refractivity contribution in [3.63, 3.8) is 0 Å². The monoisotopic (exact) mass is 241 g/mol. The van der Waals surface area contributed by atoms with Gasteiger partial charge in [0, 0.05) is 12.1 Å². The van der Waals surface area contributed by atoms with E-state index < -0.39 is 10.9 Å². The third kappa shape index (κ3) is 2.58. The summed E-state index contributed by atoms with van der Waals surface area (Å²) in [5.41, 5.74) is 0.831. The zero-order valence-corrected chi connectivity index (χ0v) is 9.06. The molecule has 0 radical (unpaired) electrons. The van der Waals surface area contributed by atoms with Gasteiger partial charge in [0.25, 0.3) is 5.69 Å². The Morgan fingerprint density at radius 3 is 2.69 bits per heavy atom. The Morgan fingerprint density at radius 2 is 2.19 bits per heavy atom. The van der Waals surface area contributed by atoms with Crippen LogP contribution in [0.15, 0.2) is 18.2 Å². The van der Waals surface area contributed by atoms with Gasteiger partial charge in [0.1, 0.15) is 5.02 Å². The summed E-state index contributed by atoms with van der Waals surface area (Å²) in [7, 11) is 0. The Morgan fingerprint density at radius 1 is 1.56 bits per heavy atom. The molecule has 1 N–H and O–H groups in total. The number of hydrogen-bond acceptors (Lipinski definition) is 3. The number of hydrogen-bond donors (Lipinski definition) is 1. The van der Waals surface area contributed by atoms with Crippen LogP contribution in [0.5, 0.6) is 0 Å². The number of carbonyl (C=O) groups is 1. The van der Waals surface area contributed by atoms with Crippen LogP contribution in [0, 0.1) is 17.0 Å². The Labute approximate surface area is 96.1 Å². The van der Waals surface area contributed by atoms with E-state index in [-0.39, 0.29) is 10.7 Å². The molecular formula is C10H8ClNO4. The molecule has 0 aliphatic carbocycles. The lowest BCUT2D eigenvalue weighted by molar-refractivity contribution is -0.384. The first-order chi connectivity index (χ1) is 7.43. The van der Waals surface area contributed by atoms with Gasteiger partial charge in [0.2, 0.25) is 0 Å². The van der Waals surface area contributed by atoms with E-state index >= 15 is 0 Å². The summed E-state index contributed by atoms with van der Waals surface area (Å²) in [5, 5.41) is 19.0. The van der Waals surface area contributed by atoms with Gasteiger partial charge in [-0.05, 0) is 30.2 Å². The standard InChI is InChI=1S/C10H8ClNO4/c1-6-7(3-5-9(13)14)2-4-8(10(6)11)12(15)16/h2-5H,1H3,(H,13,14)/b5-3+. The molecule has 16 heavy (non-hydrogen) atoms. The third-order valence-electron chi connectivity index (χ3n) is 2.01. The molecule has 0 atom stereocenters. The van der Waals surface area contributed by atoms with Gasteiger partial charge in [-0.3, -0.25) is 10.1 Å². The summed E-state index contributed by atoms with van der Waals surface area (Å²) in [6, 6.07) is 2.70. The Balaban J connectivity index is 3.22. The average molecular weight is 242 g/mol. The number of aliphatic carboxylic acids is 1. The second kappa shape index (κ2) is 4.76. The number of nitrogens with zero attached hydrogens (tertiary/aromatic N) is 1. The highest BCUT2D eigenvalue weighted by atomic mass is 35.5. The van der Waals surface area contributed by atoms with Gasteiger partial charge >= 0.3 is 5.97 Å². The fraction of sp³-hybridized carbons (Fsp3) is 0.100. The second-order valence-electron chi connectivity index (χ2n) is 3.04.